The molecule has 0 saturated heterocycles. The molecular weight excluding hydrogens is 324 g/mol. The van der Waals surface area contributed by atoms with Gasteiger partial charge in [-0.1, -0.05) is 42.0 Å². The van der Waals surface area contributed by atoms with E-state index in [1.54, 1.807) is 35.3 Å². The first-order valence-electron chi connectivity index (χ1n) is 7.49. The van der Waals surface area contributed by atoms with Crippen LogP contribution in [0.2, 0.25) is 0 Å². The SMILES string of the molecule is Cc1ccc(S(=O)(=O)NCc2cccc(Cn3cncn3)c2)cc1. The number of aromatic nitrogens is 3. The van der Waals surface area contributed by atoms with Crippen LogP contribution in [0.4, 0.5) is 0 Å². The number of benzene rings is 2. The van der Waals surface area contributed by atoms with E-state index in [2.05, 4.69) is 14.8 Å². The van der Waals surface area contributed by atoms with Gasteiger partial charge in [-0.3, -0.25) is 0 Å². The van der Waals surface area contributed by atoms with E-state index in [4.69, 9.17) is 0 Å². The molecule has 3 aromatic rings. The Morgan fingerprint density at radius 1 is 1.08 bits per heavy atom. The second-order valence-corrected chi connectivity index (χ2v) is 7.32. The molecule has 2 aromatic carbocycles. The van der Waals surface area contributed by atoms with Crippen LogP contribution in [0, 0.1) is 6.92 Å². The third kappa shape index (κ3) is 4.06. The van der Waals surface area contributed by atoms with Gasteiger partial charge in [0, 0.05) is 6.54 Å². The lowest BCUT2D eigenvalue weighted by Gasteiger charge is -2.09. The van der Waals surface area contributed by atoms with Crippen LogP contribution in [-0.2, 0) is 23.1 Å². The van der Waals surface area contributed by atoms with Gasteiger partial charge in [-0.2, -0.15) is 5.10 Å². The zero-order valence-corrected chi connectivity index (χ0v) is 14.1. The molecule has 0 atom stereocenters. The number of hydrogen-bond donors (Lipinski definition) is 1. The highest BCUT2D eigenvalue weighted by Gasteiger charge is 2.13. The molecule has 3 rings (SSSR count). The summed E-state index contributed by atoms with van der Waals surface area (Å²) in [6, 6.07) is 14.5. The van der Waals surface area contributed by atoms with Gasteiger partial charge in [0.25, 0.3) is 0 Å². The molecule has 6 nitrogen and oxygen atoms in total. The number of nitrogens with zero attached hydrogens (tertiary/aromatic N) is 3. The summed E-state index contributed by atoms with van der Waals surface area (Å²) in [6.45, 7) is 2.75. The van der Waals surface area contributed by atoms with Gasteiger partial charge in [0.15, 0.2) is 0 Å². The highest BCUT2D eigenvalue weighted by atomic mass is 32.2. The molecule has 0 spiro atoms. The maximum atomic E-state index is 12.3. The molecule has 1 N–H and O–H groups in total. The first kappa shape index (κ1) is 16.4. The van der Waals surface area contributed by atoms with Gasteiger partial charge in [-0.15, -0.1) is 0 Å². The first-order valence-corrected chi connectivity index (χ1v) is 8.98. The van der Waals surface area contributed by atoms with Crippen molar-refractivity contribution in [2.45, 2.75) is 24.9 Å². The van der Waals surface area contributed by atoms with Crippen molar-refractivity contribution in [3.8, 4) is 0 Å². The van der Waals surface area contributed by atoms with E-state index in [1.807, 2.05) is 31.2 Å². The Morgan fingerprint density at radius 3 is 2.54 bits per heavy atom. The number of aryl methyl sites for hydroxylation is 1. The summed E-state index contributed by atoms with van der Waals surface area (Å²) in [5, 5.41) is 4.07. The van der Waals surface area contributed by atoms with Gasteiger partial charge < -0.3 is 0 Å². The summed E-state index contributed by atoms with van der Waals surface area (Å²) in [4.78, 5) is 4.18. The smallest absolute Gasteiger partial charge is 0.240 e. The van der Waals surface area contributed by atoms with Crippen molar-refractivity contribution >= 4 is 10.0 Å². The van der Waals surface area contributed by atoms with Crippen LogP contribution in [0.3, 0.4) is 0 Å². The Labute approximate surface area is 141 Å². The van der Waals surface area contributed by atoms with Gasteiger partial charge >= 0.3 is 0 Å². The van der Waals surface area contributed by atoms with Crippen molar-refractivity contribution in [2.24, 2.45) is 0 Å². The van der Waals surface area contributed by atoms with Gasteiger partial charge in [-0.05, 0) is 30.2 Å². The topological polar surface area (TPSA) is 76.9 Å². The predicted molar refractivity (Wildman–Crippen MR) is 90.8 cm³/mol. The molecule has 0 aliphatic heterocycles. The summed E-state index contributed by atoms with van der Waals surface area (Å²) < 4.78 is 29.0. The van der Waals surface area contributed by atoms with Crippen LogP contribution in [0.5, 0.6) is 0 Å². The third-order valence-corrected chi connectivity index (χ3v) is 5.02. The van der Waals surface area contributed by atoms with Gasteiger partial charge in [0.2, 0.25) is 10.0 Å². The van der Waals surface area contributed by atoms with Gasteiger partial charge in [0.05, 0.1) is 11.4 Å². The average molecular weight is 342 g/mol. The summed E-state index contributed by atoms with van der Waals surface area (Å²) >= 11 is 0. The first-order chi connectivity index (χ1) is 11.5. The van der Waals surface area contributed by atoms with Crippen LogP contribution >= 0.6 is 0 Å². The van der Waals surface area contributed by atoms with Crippen LogP contribution in [0.1, 0.15) is 16.7 Å². The molecule has 0 fully saturated rings. The molecule has 1 heterocycles. The van der Waals surface area contributed by atoms with E-state index in [0.29, 0.717) is 6.54 Å². The highest BCUT2D eigenvalue weighted by molar-refractivity contribution is 7.89. The van der Waals surface area contributed by atoms with Gasteiger partial charge in [0.1, 0.15) is 12.7 Å². The number of rotatable bonds is 6. The van der Waals surface area contributed by atoms with Crippen LogP contribution in [0.25, 0.3) is 0 Å². The van der Waals surface area contributed by atoms with Crippen molar-refractivity contribution in [3.63, 3.8) is 0 Å². The van der Waals surface area contributed by atoms with E-state index < -0.39 is 10.0 Å². The minimum atomic E-state index is -3.52. The molecule has 0 saturated carbocycles. The Bertz CT molecular complexity index is 904. The molecule has 0 bridgehead atoms. The molecule has 0 aliphatic rings. The van der Waals surface area contributed by atoms with Crippen molar-refractivity contribution in [1.29, 1.82) is 0 Å². The van der Waals surface area contributed by atoms with E-state index in [-0.39, 0.29) is 11.4 Å². The molecule has 0 aliphatic carbocycles. The van der Waals surface area contributed by atoms with Crippen molar-refractivity contribution < 1.29 is 8.42 Å². The second-order valence-electron chi connectivity index (χ2n) is 5.55. The summed E-state index contributed by atoms with van der Waals surface area (Å²) in [5.74, 6) is 0. The van der Waals surface area contributed by atoms with Crippen molar-refractivity contribution in [3.05, 3.63) is 77.9 Å². The lowest BCUT2D eigenvalue weighted by atomic mass is 10.1. The predicted octanol–water partition coefficient (Wildman–Crippen LogP) is 2.11. The fourth-order valence-corrected chi connectivity index (χ4v) is 3.34. The fraction of sp³-hybridized carbons (Fsp3) is 0.176. The molecule has 7 heteroatoms. The Kier molecular flexibility index (Phi) is 4.73. The molecule has 0 amide bonds. The Balaban J connectivity index is 1.69. The average Bonchev–Trinajstić information content (AvgIpc) is 3.07. The largest absolute Gasteiger partial charge is 0.249 e. The number of sulfonamides is 1. The minimum absolute atomic E-state index is 0.238. The van der Waals surface area contributed by atoms with Crippen molar-refractivity contribution in [1.82, 2.24) is 19.5 Å². The number of hydrogen-bond acceptors (Lipinski definition) is 4. The molecular formula is C17H18N4O2S. The maximum absolute atomic E-state index is 12.3. The van der Waals surface area contributed by atoms with Gasteiger partial charge in [-0.25, -0.2) is 22.8 Å². The molecule has 0 radical (unpaired) electrons. The van der Waals surface area contributed by atoms with Crippen LogP contribution in [-0.4, -0.2) is 23.2 Å². The van der Waals surface area contributed by atoms with E-state index >= 15 is 0 Å². The monoisotopic (exact) mass is 342 g/mol. The molecule has 0 unspecified atom stereocenters. The zero-order chi connectivity index (χ0) is 17.0. The Morgan fingerprint density at radius 2 is 1.83 bits per heavy atom. The summed E-state index contributed by atoms with van der Waals surface area (Å²) in [6.07, 6.45) is 3.13. The quantitative estimate of drug-likeness (QED) is 0.744. The molecule has 1 aromatic heterocycles. The molecule has 124 valence electrons. The van der Waals surface area contributed by atoms with E-state index in [0.717, 1.165) is 16.7 Å². The standard InChI is InChI=1S/C17H18N4O2S/c1-14-5-7-17(8-6-14)24(22,23)20-10-15-3-2-4-16(9-15)11-21-13-18-12-19-21/h2-9,12-13,20H,10-11H2,1H3. The van der Waals surface area contributed by atoms with Crippen LogP contribution < -0.4 is 4.72 Å². The number of nitrogens with one attached hydrogen (secondary N) is 1. The minimum Gasteiger partial charge on any atom is -0.249 e. The summed E-state index contributed by atoms with van der Waals surface area (Å²) in [5.41, 5.74) is 2.95. The maximum Gasteiger partial charge on any atom is 0.240 e. The third-order valence-electron chi connectivity index (χ3n) is 3.60. The molecule has 24 heavy (non-hydrogen) atoms. The Hall–Kier alpha value is -2.51. The highest BCUT2D eigenvalue weighted by Crippen LogP contribution is 2.12. The fourth-order valence-electron chi connectivity index (χ4n) is 2.32. The van der Waals surface area contributed by atoms with E-state index in [9.17, 15) is 8.42 Å². The lowest BCUT2D eigenvalue weighted by Crippen LogP contribution is -2.23. The normalized spacial score (nSPS) is 11.5. The second kappa shape index (κ2) is 6.94. The lowest BCUT2D eigenvalue weighted by molar-refractivity contribution is 0.581. The summed E-state index contributed by atoms with van der Waals surface area (Å²) in [7, 11) is -3.52. The van der Waals surface area contributed by atoms with Crippen molar-refractivity contribution in [2.75, 3.05) is 0 Å². The van der Waals surface area contributed by atoms with Crippen LogP contribution in [0.15, 0.2) is 66.1 Å². The zero-order valence-electron chi connectivity index (χ0n) is 13.3. The van der Waals surface area contributed by atoms with E-state index in [1.165, 1.54) is 6.33 Å².